The molecule has 0 bridgehead atoms. The zero-order valence-electron chi connectivity index (χ0n) is 12.5. The number of hydrogen-bond acceptors (Lipinski definition) is 4. The minimum atomic E-state index is -3.52. The second-order valence-corrected chi connectivity index (χ2v) is 7.41. The van der Waals surface area contributed by atoms with Crippen molar-refractivity contribution in [3.8, 4) is 0 Å². The molecule has 0 aliphatic heterocycles. The number of carbonyl (C=O) groups excluding carboxylic acids is 1. The molecule has 1 N–H and O–H groups in total. The van der Waals surface area contributed by atoms with Gasteiger partial charge in [0.05, 0.1) is 10.5 Å². The van der Waals surface area contributed by atoms with Gasteiger partial charge in [0.15, 0.2) is 0 Å². The third-order valence-electron chi connectivity index (χ3n) is 3.02. The normalized spacial score (nSPS) is 11.2. The van der Waals surface area contributed by atoms with Gasteiger partial charge in [-0.15, -0.1) is 0 Å². The number of rotatable bonds is 6. The Morgan fingerprint density at radius 3 is 2.26 bits per heavy atom. The molecule has 0 saturated heterocycles. The molecule has 0 fully saturated rings. The van der Waals surface area contributed by atoms with E-state index in [-0.39, 0.29) is 11.5 Å². The van der Waals surface area contributed by atoms with E-state index >= 15 is 0 Å². The van der Waals surface area contributed by atoms with Crippen molar-refractivity contribution in [2.45, 2.75) is 18.4 Å². The molecule has 0 aromatic heterocycles. The number of sulfonamides is 1. The first-order valence-electron chi connectivity index (χ1n) is 6.93. The Morgan fingerprint density at radius 1 is 1.09 bits per heavy atom. The van der Waals surface area contributed by atoms with E-state index in [0.717, 1.165) is 10.0 Å². The molecule has 5 nitrogen and oxygen atoms in total. The molecule has 0 amide bonds. The molecule has 0 saturated carbocycles. The van der Waals surface area contributed by atoms with Crippen molar-refractivity contribution in [3.05, 3.63) is 64.1 Å². The Bertz CT molecular complexity index is 771. The number of benzene rings is 2. The van der Waals surface area contributed by atoms with Crippen molar-refractivity contribution in [1.82, 2.24) is 4.72 Å². The number of carbonyl (C=O) groups is 1. The smallest absolute Gasteiger partial charge is 0.338 e. The van der Waals surface area contributed by atoms with Gasteiger partial charge in [0, 0.05) is 11.0 Å². The summed E-state index contributed by atoms with van der Waals surface area (Å²) >= 11 is 3.33. The lowest BCUT2D eigenvalue weighted by Crippen LogP contribution is -2.23. The van der Waals surface area contributed by atoms with Gasteiger partial charge >= 0.3 is 5.97 Å². The van der Waals surface area contributed by atoms with Gasteiger partial charge in [0.25, 0.3) is 0 Å². The molecule has 122 valence electrons. The van der Waals surface area contributed by atoms with Gasteiger partial charge in [-0.05, 0) is 42.0 Å². The fourth-order valence-electron chi connectivity index (χ4n) is 1.86. The van der Waals surface area contributed by atoms with Crippen LogP contribution in [0.15, 0.2) is 57.9 Å². The molecule has 23 heavy (non-hydrogen) atoms. The average molecular weight is 398 g/mol. The Kier molecular flexibility index (Phi) is 5.92. The lowest BCUT2D eigenvalue weighted by atomic mass is 10.2. The molecule has 2 aromatic rings. The van der Waals surface area contributed by atoms with Gasteiger partial charge in [-0.1, -0.05) is 35.0 Å². The second kappa shape index (κ2) is 7.72. The molecular formula is C16H16BrNO4S. The Morgan fingerprint density at radius 2 is 1.70 bits per heavy atom. The summed E-state index contributed by atoms with van der Waals surface area (Å²) in [4.78, 5) is 12.1. The average Bonchev–Trinajstić information content (AvgIpc) is 2.54. The third-order valence-corrected chi connectivity index (χ3v) is 5.11. The van der Waals surface area contributed by atoms with E-state index in [1.165, 1.54) is 24.3 Å². The number of esters is 1. The topological polar surface area (TPSA) is 72.5 Å². The molecule has 0 radical (unpaired) electrons. The van der Waals surface area contributed by atoms with Gasteiger partial charge in [-0.25, -0.2) is 17.9 Å². The second-order valence-electron chi connectivity index (χ2n) is 4.73. The summed E-state index contributed by atoms with van der Waals surface area (Å²) in [7, 11) is -3.52. The molecule has 2 rings (SSSR count). The van der Waals surface area contributed by atoms with E-state index in [4.69, 9.17) is 4.74 Å². The van der Waals surface area contributed by atoms with Crippen molar-refractivity contribution >= 4 is 31.9 Å². The predicted octanol–water partition coefficient (Wildman–Crippen LogP) is 3.10. The van der Waals surface area contributed by atoms with E-state index in [9.17, 15) is 13.2 Å². The molecule has 0 aliphatic carbocycles. The van der Waals surface area contributed by atoms with Crippen LogP contribution in [0.1, 0.15) is 22.8 Å². The van der Waals surface area contributed by atoms with Gasteiger partial charge in [-0.2, -0.15) is 0 Å². The standard InChI is InChI=1S/C16H16BrNO4S/c1-2-18-23(20,21)15-9-5-13(6-10-15)16(19)22-11-12-3-7-14(17)8-4-12/h3-10,18H,2,11H2,1H3. The minimum Gasteiger partial charge on any atom is -0.457 e. The van der Waals surface area contributed by atoms with E-state index in [1.54, 1.807) is 6.92 Å². The van der Waals surface area contributed by atoms with Crippen LogP contribution in [0.4, 0.5) is 0 Å². The third kappa shape index (κ3) is 4.89. The summed E-state index contributed by atoms with van der Waals surface area (Å²) in [5, 5.41) is 0. The van der Waals surface area contributed by atoms with Crippen LogP contribution in [-0.4, -0.2) is 20.9 Å². The van der Waals surface area contributed by atoms with Crippen LogP contribution in [0.5, 0.6) is 0 Å². The molecule has 0 spiro atoms. The summed E-state index contributed by atoms with van der Waals surface area (Å²) in [6, 6.07) is 13.1. The number of halogens is 1. The monoisotopic (exact) mass is 397 g/mol. The molecule has 2 aromatic carbocycles. The fourth-order valence-corrected chi connectivity index (χ4v) is 3.16. The summed E-state index contributed by atoms with van der Waals surface area (Å²) in [6.07, 6.45) is 0. The van der Waals surface area contributed by atoms with Crippen molar-refractivity contribution in [2.75, 3.05) is 6.54 Å². The quantitative estimate of drug-likeness (QED) is 0.759. The molecule has 0 aliphatic rings. The van der Waals surface area contributed by atoms with Crippen LogP contribution in [0.3, 0.4) is 0 Å². The first-order chi connectivity index (χ1) is 10.9. The predicted molar refractivity (Wildman–Crippen MR) is 90.6 cm³/mol. The van der Waals surface area contributed by atoms with Gasteiger partial charge in [0.1, 0.15) is 6.61 Å². The lowest BCUT2D eigenvalue weighted by Gasteiger charge is -2.07. The summed E-state index contributed by atoms with van der Waals surface area (Å²) in [6.45, 7) is 2.16. The summed E-state index contributed by atoms with van der Waals surface area (Å²) < 4.78 is 32.2. The van der Waals surface area contributed by atoms with E-state index in [0.29, 0.717) is 12.1 Å². The maximum Gasteiger partial charge on any atom is 0.338 e. The molecular weight excluding hydrogens is 382 g/mol. The highest BCUT2D eigenvalue weighted by Crippen LogP contribution is 2.14. The summed E-state index contributed by atoms with van der Waals surface area (Å²) in [5.74, 6) is -0.500. The zero-order valence-corrected chi connectivity index (χ0v) is 14.9. The minimum absolute atomic E-state index is 0.115. The molecule has 0 unspecified atom stereocenters. The Hall–Kier alpha value is -1.70. The molecule has 7 heteroatoms. The first-order valence-corrected chi connectivity index (χ1v) is 9.21. The van der Waals surface area contributed by atoms with Crippen LogP contribution in [0, 0.1) is 0 Å². The van der Waals surface area contributed by atoms with Crippen molar-refractivity contribution in [1.29, 1.82) is 0 Å². The fraction of sp³-hybridized carbons (Fsp3) is 0.188. The van der Waals surface area contributed by atoms with Crippen LogP contribution < -0.4 is 4.72 Å². The highest BCUT2D eigenvalue weighted by atomic mass is 79.9. The van der Waals surface area contributed by atoms with Gasteiger partial charge < -0.3 is 4.74 Å². The first kappa shape index (κ1) is 17.7. The highest BCUT2D eigenvalue weighted by Gasteiger charge is 2.14. The largest absolute Gasteiger partial charge is 0.457 e. The molecule has 0 atom stereocenters. The van der Waals surface area contributed by atoms with Crippen LogP contribution >= 0.6 is 15.9 Å². The maximum atomic E-state index is 12.0. The van der Waals surface area contributed by atoms with E-state index in [2.05, 4.69) is 20.7 Å². The summed E-state index contributed by atoms with van der Waals surface area (Å²) in [5.41, 5.74) is 1.17. The Balaban J connectivity index is 2.01. The van der Waals surface area contributed by atoms with Crippen molar-refractivity contribution in [3.63, 3.8) is 0 Å². The van der Waals surface area contributed by atoms with Crippen LogP contribution in [0.2, 0.25) is 0 Å². The number of ether oxygens (including phenoxy) is 1. The highest BCUT2D eigenvalue weighted by molar-refractivity contribution is 9.10. The maximum absolute atomic E-state index is 12.0. The lowest BCUT2D eigenvalue weighted by molar-refractivity contribution is 0.0472. The number of hydrogen-bond donors (Lipinski definition) is 1. The van der Waals surface area contributed by atoms with E-state index in [1.807, 2.05) is 24.3 Å². The van der Waals surface area contributed by atoms with E-state index < -0.39 is 16.0 Å². The van der Waals surface area contributed by atoms with Gasteiger partial charge in [0.2, 0.25) is 10.0 Å². The number of nitrogens with one attached hydrogen (secondary N) is 1. The van der Waals surface area contributed by atoms with Crippen LogP contribution in [0.25, 0.3) is 0 Å². The SMILES string of the molecule is CCNS(=O)(=O)c1ccc(C(=O)OCc2ccc(Br)cc2)cc1. The van der Waals surface area contributed by atoms with Crippen molar-refractivity contribution < 1.29 is 17.9 Å². The van der Waals surface area contributed by atoms with Gasteiger partial charge in [-0.3, -0.25) is 0 Å². The zero-order chi connectivity index (χ0) is 16.9. The van der Waals surface area contributed by atoms with Crippen LogP contribution in [-0.2, 0) is 21.4 Å². The Labute approximate surface area is 143 Å². The molecule has 0 heterocycles. The van der Waals surface area contributed by atoms with Crippen molar-refractivity contribution in [2.24, 2.45) is 0 Å².